The highest BCUT2D eigenvalue weighted by molar-refractivity contribution is 7.12. The van der Waals surface area contributed by atoms with Gasteiger partial charge in [-0.3, -0.25) is 4.79 Å². The fraction of sp³-hybridized carbons (Fsp3) is 0.667. The number of ketones is 1. The molecule has 0 spiro atoms. The molecule has 1 aliphatic rings. The van der Waals surface area contributed by atoms with Crippen LogP contribution in [0.1, 0.15) is 57.1 Å². The number of hydrogen-bond acceptors (Lipinski definition) is 4. The molecule has 1 aliphatic heterocycles. The molecule has 2 heterocycles. The molecule has 1 aromatic heterocycles. The quantitative estimate of drug-likeness (QED) is 0.757. The van der Waals surface area contributed by atoms with Crippen LogP contribution in [0.2, 0.25) is 0 Å². The lowest BCUT2D eigenvalue weighted by Gasteiger charge is -2.41. The number of nitrogens with zero attached hydrogens (tertiary/aromatic N) is 1. The summed E-state index contributed by atoms with van der Waals surface area (Å²) in [6.45, 7) is 10.4. The van der Waals surface area contributed by atoms with Gasteiger partial charge < -0.3 is 9.64 Å². The Morgan fingerprint density at radius 1 is 1.39 bits per heavy atom. The number of carbonyl (C=O) groups excluding carboxylic acids is 2. The minimum absolute atomic E-state index is 0.0943. The zero-order chi connectivity index (χ0) is 17.2. The summed E-state index contributed by atoms with van der Waals surface area (Å²) in [6.07, 6.45) is 1.49. The van der Waals surface area contributed by atoms with Crippen molar-refractivity contribution < 1.29 is 14.3 Å². The summed E-state index contributed by atoms with van der Waals surface area (Å²) in [4.78, 5) is 27.8. The first kappa shape index (κ1) is 18.0. The number of likely N-dealkylation sites (tertiary alicyclic amines) is 1. The Morgan fingerprint density at radius 3 is 2.65 bits per heavy atom. The van der Waals surface area contributed by atoms with E-state index in [-0.39, 0.29) is 23.8 Å². The third-order valence-corrected chi connectivity index (χ3v) is 5.17. The van der Waals surface area contributed by atoms with Crippen molar-refractivity contribution >= 4 is 23.2 Å². The second-order valence-electron chi connectivity index (χ2n) is 7.50. The van der Waals surface area contributed by atoms with E-state index in [4.69, 9.17) is 4.74 Å². The fourth-order valence-electron chi connectivity index (χ4n) is 3.02. The van der Waals surface area contributed by atoms with Gasteiger partial charge in [0.05, 0.1) is 4.88 Å². The number of rotatable bonds is 3. The molecular weight excluding hydrogens is 310 g/mol. The van der Waals surface area contributed by atoms with Gasteiger partial charge in [-0.15, -0.1) is 11.3 Å². The number of hydrogen-bond donors (Lipinski definition) is 0. The molecule has 4 nitrogen and oxygen atoms in total. The van der Waals surface area contributed by atoms with Crippen molar-refractivity contribution in [1.82, 2.24) is 4.90 Å². The van der Waals surface area contributed by atoms with Crippen LogP contribution in [0, 0.1) is 11.8 Å². The third kappa shape index (κ3) is 4.56. The van der Waals surface area contributed by atoms with E-state index in [1.807, 2.05) is 45.2 Å². The van der Waals surface area contributed by atoms with Crippen LogP contribution in [0.4, 0.5) is 4.79 Å². The van der Waals surface area contributed by atoms with Gasteiger partial charge >= 0.3 is 6.09 Å². The number of ether oxygens (including phenoxy) is 1. The normalized spacial score (nSPS) is 23.4. The topological polar surface area (TPSA) is 46.6 Å². The van der Waals surface area contributed by atoms with Crippen molar-refractivity contribution in [2.24, 2.45) is 11.8 Å². The minimum Gasteiger partial charge on any atom is -0.444 e. The number of piperidine rings is 1. The van der Waals surface area contributed by atoms with E-state index in [9.17, 15) is 9.59 Å². The van der Waals surface area contributed by atoms with Crippen LogP contribution in [0.15, 0.2) is 17.5 Å². The lowest BCUT2D eigenvalue weighted by Crippen LogP contribution is -2.51. The van der Waals surface area contributed by atoms with E-state index in [0.717, 1.165) is 17.7 Å². The van der Waals surface area contributed by atoms with Gasteiger partial charge in [0.15, 0.2) is 5.78 Å². The van der Waals surface area contributed by atoms with Crippen molar-refractivity contribution in [3.8, 4) is 0 Å². The van der Waals surface area contributed by atoms with Crippen molar-refractivity contribution in [2.45, 2.75) is 59.1 Å². The highest BCUT2D eigenvalue weighted by Crippen LogP contribution is 2.31. The molecule has 23 heavy (non-hydrogen) atoms. The van der Waals surface area contributed by atoms with Gasteiger partial charge in [0.25, 0.3) is 0 Å². The van der Waals surface area contributed by atoms with Gasteiger partial charge in [-0.05, 0) is 51.0 Å². The maximum absolute atomic E-state index is 12.7. The fourth-order valence-corrected chi connectivity index (χ4v) is 3.78. The highest BCUT2D eigenvalue weighted by atomic mass is 32.1. The van der Waals surface area contributed by atoms with Crippen molar-refractivity contribution in [1.29, 1.82) is 0 Å². The largest absolute Gasteiger partial charge is 0.444 e. The zero-order valence-electron chi connectivity index (χ0n) is 14.7. The van der Waals surface area contributed by atoms with E-state index < -0.39 is 5.60 Å². The van der Waals surface area contributed by atoms with E-state index in [0.29, 0.717) is 12.5 Å². The number of amides is 1. The molecule has 0 aromatic carbocycles. The monoisotopic (exact) mass is 337 g/mol. The van der Waals surface area contributed by atoms with Gasteiger partial charge in [0.2, 0.25) is 0 Å². The van der Waals surface area contributed by atoms with Crippen LogP contribution in [0.3, 0.4) is 0 Å². The van der Waals surface area contributed by atoms with Gasteiger partial charge in [0, 0.05) is 18.5 Å². The summed E-state index contributed by atoms with van der Waals surface area (Å²) in [5.41, 5.74) is -0.522. The lowest BCUT2D eigenvalue weighted by molar-refractivity contribution is -0.00119. The molecule has 128 valence electrons. The second kappa shape index (κ2) is 7.04. The summed E-state index contributed by atoms with van der Waals surface area (Å²) < 4.78 is 5.54. The molecule has 2 rings (SSSR count). The molecule has 0 bridgehead atoms. The van der Waals surface area contributed by atoms with Crippen LogP contribution >= 0.6 is 11.3 Å². The Morgan fingerprint density at radius 2 is 2.09 bits per heavy atom. The van der Waals surface area contributed by atoms with Crippen molar-refractivity contribution in [3.63, 3.8) is 0 Å². The molecule has 0 aliphatic carbocycles. The first-order chi connectivity index (χ1) is 10.7. The Labute approximate surface area is 142 Å². The third-order valence-electron chi connectivity index (χ3n) is 4.29. The van der Waals surface area contributed by atoms with E-state index in [1.165, 1.54) is 11.3 Å². The molecule has 3 atom stereocenters. The zero-order valence-corrected chi connectivity index (χ0v) is 15.5. The van der Waals surface area contributed by atoms with Crippen LogP contribution in [0.25, 0.3) is 0 Å². The molecule has 1 aromatic rings. The Balaban J connectivity index is 2.17. The Bertz CT molecular complexity index is 547. The smallest absolute Gasteiger partial charge is 0.410 e. The van der Waals surface area contributed by atoms with Gasteiger partial charge in [-0.1, -0.05) is 19.9 Å². The molecule has 0 saturated carbocycles. The summed E-state index contributed by atoms with van der Waals surface area (Å²) >= 11 is 1.46. The maximum atomic E-state index is 12.7. The van der Waals surface area contributed by atoms with Crippen molar-refractivity contribution in [3.05, 3.63) is 22.4 Å². The summed E-state index contributed by atoms with van der Waals surface area (Å²) in [7, 11) is 0. The van der Waals surface area contributed by atoms with E-state index in [2.05, 4.69) is 6.92 Å². The molecule has 1 amide bonds. The number of Topliss-reactive ketones (excluding diaryl/α,β-unsaturated/α-hetero) is 1. The molecular formula is C18H27NO3S. The van der Waals surface area contributed by atoms with Crippen LogP contribution in [-0.4, -0.2) is 35.0 Å². The minimum atomic E-state index is -0.522. The molecule has 1 saturated heterocycles. The number of carbonyl (C=O) groups is 2. The molecule has 3 unspecified atom stereocenters. The summed E-state index contributed by atoms with van der Waals surface area (Å²) in [5, 5.41) is 1.91. The van der Waals surface area contributed by atoms with Crippen LogP contribution < -0.4 is 0 Å². The molecule has 0 N–H and O–H groups in total. The average molecular weight is 337 g/mol. The summed E-state index contributed by atoms with van der Waals surface area (Å²) in [5.74, 6) is 0.411. The standard InChI is InChI=1S/C18H27NO3S/c1-12-8-9-19(17(21)22-18(3,4)5)14(11-12)13(2)16(20)15-7-6-10-23-15/h6-7,10,12-14H,8-9,11H2,1-5H3. The van der Waals surface area contributed by atoms with Gasteiger partial charge in [-0.2, -0.15) is 0 Å². The van der Waals surface area contributed by atoms with Gasteiger partial charge in [0.1, 0.15) is 5.60 Å². The van der Waals surface area contributed by atoms with Crippen molar-refractivity contribution in [2.75, 3.05) is 6.54 Å². The summed E-state index contributed by atoms with van der Waals surface area (Å²) in [6, 6.07) is 3.65. The van der Waals surface area contributed by atoms with Gasteiger partial charge in [-0.25, -0.2) is 4.79 Å². The second-order valence-corrected chi connectivity index (χ2v) is 8.45. The Kier molecular flexibility index (Phi) is 5.50. The predicted molar refractivity (Wildman–Crippen MR) is 92.9 cm³/mol. The molecule has 5 heteroatoms. The van der Waals surface area contributed by atoms with Crippen LogP contribution in [-0.2, 0) is 4.74 Å². The first-order valence-corrected chi connectivity index (χ1v) is 9.14. The highest BCUT2D eigenvalue weighted by Gasteiger charge is 2.38. The Hall–Kier alpha value is -1.36. The predicted octanol–water partition coefficient (Wildman–Crippen LogP) is 4.60. The lowest BCUT2D eigenvalue weighted by atomic mass is 9.83. The number of thiophene rings is 1. The molecule has 0 radical (unpaired) electrons. The SMILES string of the molecule is CC1CCN(C(=O)OC(C)(C)C)C(C(C)C(=O)c2cccs2)C1. The average Bonchev–Trinajstić information content (AvgIpc) is 2.97. The van der Waals surface area contributed by atoms with E-state index in [1.54, 1.807) is 4.90 Å². The molecule has 1 fully saturated rings. The van der Waals surface area contributed by atoms with E-state index >= 15 is 0 Å². The maximum Gasteiger partial charge on any atom is 0.410 e. The van der Waals surface area contributed by atoms with Crippen LogP contribution in [0.5, 0.6) is 0 Å². The first-order valence-electron chi connectivity index (χ1n) is 8.26.